The van der Waals surface area contributed by atoms with E-state index < -0.39 is 5.82 Å². The van der Waals surface area contributed by atoms with Crippen molar-refractivity contribution in [3.05, 3.63) is 52.5 Å². The van der Waals surface area contributed by atoms with E-state index in [2.05, 4.69) is 15.3 Å². The number of nitrogens with zero attached hydrogens (tertiary/aromatic N) is 3. The fourth-order valence-electron chi connectivity index (χ4n) is 3.51. The molecule has 4 aromatic rings. The minimum absolute atomic E-state index is 0.0412. The van der Waals surface area contributed by atoms with Crippen LogP contribution in [-0.4, -0.2) is 34.8 Å². The fourth-order valence-corrected chi connectivity index (χ4v) is 4.49. The van der Waals surface area contributed by atoms with Crippen LogP contribution in [0.1, 0.15) is 12.6 Å². The normalized spacial score (nSPS) is 11.1. The molecule has 0 bridgehead atoms. The molecule has 4 rings (SSSR count). The minimum atomic E-state index is -0.447. The Morgan fingerprint density at radius 3 is 2.84 bits per heavy atom. The first kappa shape index (κ1) is 21.4. The maximum atomic E-state index is 14.8. The molecule has 0 aliphatic rings. The van der Waals surface area contributed by atoms with Crippen LogP contribution in [0.25, 0.3) is 21.5 Å². The maximum absolute atomic E-state index is 14.8. The zero-order valence-corrected chi connectivity index (χ0v) is 19.0. The Kier molecular flexibility index (Phi) is 6.29. The molecule has 0 unspecified atom stereocenters. The van der Waals surface area contributed by atoms with Crippen molar-refractivity contribution < 1.29 is 13.9 Å². The van der Waals surface area contributed by atoms with E-state index >= 15 is 0 Å². The standard InChI is InChI=1S/C22H22ClFN4O2S/c1-4-30-14-8-19(31-11-14)17-10-20(27-12-26-17)25-5-6-28-13(2)7-15-18(29-3)9-16(23)21(24)22(15)28/h7-12H,4-6H2,1-3H3,(H,25,26,27). The number of methoxy groups -OCH3 is 1. The number of hydrogen-bond donors (Lipinski definition) is 1. The van der Waals surface area contributed by atoms with Gasteiger partial charge in [0.15, 0.2) is 5.82 Å². The minimum Gasteiger partial charge on any atom is -0.496 e. The molecule has 0 radical (unpaired) electrons. The van der Waals surface area contributed by atoms with Crippen molar-refractivity contribution >= 4 is 39.7 Å². The Labute approximate surface area is 188 Å². The van der Waals surface area contributed by atoms with Crippen LogP contribution in [-0.2, 0) is 6.54 Å². The third-order valence-corrected chi connectivity index (χ3v) is 6.12. The lowest BCUT2D eigenvalue weighted by Crippen LogP contribution is -2.13. The first-order chi connectivity index (χ1) is 15.0. The van der Waals surface area contributed by atoms with E-state index in [-0.39, 0.29) is 5.02 Å². The predicted octanol–water partition coefficient (Wildman–Crippen LogP) is 5.78. The third kappa shape index (κ3) is 4.31. The highest BCUT2D eigenvalue weighted by molar-refractivity contribution is 7.13. The summed E-state index contributed by atoms with van der Waals surface area (Å²) in [5, 5.41) is 6.00. The number of fused-ring (bicyclic) bond motifs is 1. The Morgan fingerprint density at radius 2 is 2.06 bits per heavy atom. The average Bonchev–Trinajstić information content (AvgIpc) is 3.36. The van der Waals surface area contributed by atoms with Gasteiger partial charge in [0.2, 0.25) is 0 Å². The van der Waals surface area contributed by atoms with E-state index in [1.807, 2.05) is 42.0 Å². The van der Waals surface area contributed by atoms with Gasteiger partial charge in [0.05, 0.1) is 34.8 Å². The Morgan fingerprint density at radius 1 is 1.23 bits per heavy atom. The van der Waals surface area contributed by atoms with Gasteiger partial charge in [0.25, 0.3) is 0 Å². The number of benzene rings is 1. The molecule has 3 aromatic heterocycles. The molecule has 0 aliphatic carbocycles. The summed E-state index contributed by atoms with van der Waals surface area (Å²) in [5.74, 6) is 1.64. The number of anilines is 1. The molecule has 9 heteroatoms. The summed E-state index contributed by atoms with van der Waals surface area (Å²) in [4.78, 5) is 9.66. The van der Waals surface area contributed by atoms with Crippen molar-refractivity contribution in [3.63, 3.8) is 0 Å². The number of aromatic nitrogens is 3. The number of nitrogens with one attached hydrogen (secondary N) is 1. The second kappa shape index (κ2) is 9.11. The number of hydrogen-bond acceptors (Lipinski definition) is 6. The lowest BCUT2D eigenvalue weighted by Gasteiger charge is -2.12. The molecule has 0 amide bonds. The van der Waals surface area contributed by atoms with Gasteiger partial charge >= 0.3 is 0 Å². The van der Waals surface area contributed by atoms with Gasteiger partial charge in [0.1, 0.15) is 23.6 Å². The lowest BCUT2D eigenvalue weighted by atomic mass is 10.2. The number of aryl methyl sites for hydroxylation is 1. The third-order valence-electron chi connectivity index (χ3n) is 4.91. The molecular formula is C22H22ClFN4O2S. The van der Waals surface area contributed by atoms with Gasteiger partial charge in [-0.2, -0.15) is 0 Å². The summed E-state index contributed by atoms with van der Waals surface area (Å²) in [6.07, 6.45) is 1.53. The number of rotatable bonds is 8. The molecule has 1 N–H and O–H groups in total. The molecule has 3 heterocycles. The first-order valence-corrected chi connectivity index (χ1v) is 11.1. The number of thiophene rings is 1. The van der Waals surface area contributed by atoms with Gasteiger partial charge in [-0.15, -0.1) is 11.3 Å². The molecule has 0 spiro atoms. The molecule has 0 saturated heterocycles. The first-order valence-electron chi connectivity index (χ1n) is 9.81. The second-order valence-electron chi connectivity index (χ2n) is 6.87. The molecule has 162 valence electrons. The Hall–Kier alpha value is -2.84. The van der Waals surface area contributed by atoms with Crippen molar-refractivity contribution in [2.75, 3.05) is 25.6 Å². The molecule has 6 nitrogen and oxygen atoms in total. The van der Waals surface area contributed by atoms with Crippen molar-refractivity contribution in [2.45, 2.75) is 20.4 Å². The SMILES string of the molecule is CCOc1csc(-c2cc(NCCn3c(C)cc4c(OC)cc(Cl)c(F)c43)ncn2)c1. The predicted molar refractivity (Wildman–Crippen MR) is 123 cm³/mol. The highest BCUT2D eigenvalue weighted by Crippen LogP contribution is 2.35. The van der Waals surface area contributed by atoms with E-state index in [1.165, 1.54) is 12.4 Å². The van der Waals surface area contributed by atoms with E-state index in [4.69, 9.17) is 21.1 Å². The fraction of sp³-hybridized carbons (Fsp3) is 0.273. The maximum Gasteiger partial charge on any atom is 0.166 e. The molecule has 31 heavy (non-hydrogen) atoms. The number of ether oxygens (including phenoxy) is 2. The van der Waals surface area contributed by atoms with Crippen LogP contribution in [0.15, 0.2) is 36.0 Å². The van der Waals surface area contributed by atoms with Crippen molar-refractivity contribution in [1.82, 2.24) is 14.5 Å². The summed E-state index contributed by atoms with van der Waals surface area (Å²) in [6, 6.07) is 7.27. The molecular weight excluding hydrogens is 439 g/mol. The van der Waals surface area contributed by atoms with Gasteiger partial charge in [-0.1, -0.05) is 11.6 Å². The topological polar surface area (TPSA) is 61.2 Å². The van der Waals surface area contributed by atoms with Crippen molar-refractivity contribution in [3.8, 4) is 22.1 Å². The van der Waals surface area contributed by atoms with Crippen LogP contribution in [0.3, 0.4) is 0 Å². The van der Waals surface area contributed by atoms with Crippen molar-refractivity contribution in [2.24, 2.45) is 0 Å². The molecule has 0 aliphatic heterocycles. The molecule has 0 fully saturated rings. The summed E-state index contributed by atoms with van der Waals surface area (Å²) >= 11 is 7.64. The van der Waals surface area contributed by atoms with Crippen LogP contribution in [0.2, 0.25) is 5.02 Å². The lowest BCUT2D eigenvalue weighted by molar-refractivity contribution is 0.342. The second-order valence-corrected chi connectivity index (χ2v) is 8.19. The molecule has 1 aromatic carbocycles. The van der Waals surface area contributed by atoms with Crippen LogP contribution < -0.4 is 14.8 Å². The Bertz CT molecular complexity index is 1220. The molecule has 0 saturated carbocycles. The van der Waals surface area contributed by atoms with Crippen LogP contribution >= 0.6 is 22.9 Å². The summed E-state index contributed by atoms with van der Waals surface area (Å²) in [6.45, 7) is 5.59. The van der Waals surface area contributed by atoms with E-state index in [1.54, 1.807) is 18.4 Å². The number of halogens is 2. The average molecular weight is 461 g/mol. The Balaban J connectivity index is 1.52. The zero-order valence-electron chi connectivity index (χ0n) is 17.4. The summed E-state index contributed by atoms with van der Waals surface area (Å²) in [7, 11) is 1.55. The summed E-state index contributed by atoms with van der Waals surface area (Å²) < 4.78 is 27.6. The van der Waals surface area contributed by atoms with Crippen LogP contribution in [0.5, 0.6) is 11.5 Å². The van der Waals surface area contributed by atoms with Gasteiger partial charge in [-0.3, -0.25) is 0 Å². The largest absolute Gasteiger partial charge is 0.496 e. The monoisotopic (exact) mass is 460 g/mol. The molecule has 0 atom stereocenters. The van der Waals surface area contributed by atoms with E-state index in [0.717, 1.165) is 22.0 Å². The van der Waals surface area contributed by atoms with E-state index in [9.17, 15) is 4.39 Å². The van der Waals surface area contributed by atoms with Crippen LogP contribution in [0, 0.1) is 12.7 Å². The van der Waals surface area contributed by atoms with Gasteiger partial charge in [-0.05, 0) is 19.9 Å². The van der Waals surface area contributed by atoms with Gasteiger partial charge in [0, 0.05) is 47.7 Å². The smallest absolute Gasteiger partial charge is 0.166 e. The van der Waals surface area contributed by atoms with Gasteiger partial charge < -0.3 is 19.4 Å². The van der Waals surface area contributed by atoms with Crippen molar-refractivity contribution in [1.29, 1.82) is 0 Å². The highest BCUT2D eigenvalue weighted by atomic mass is 35.5. The van der Waals surface area contributed by atoms with E-state index in [0.29, 0.717) is 42.2 Å². The zero-order chi connectivity index (χ0) is 22.0. The highest BCUT2D eigenvalue weighted by Gasteiger charge is 2.17. The quantitative estimate of drug-likeness (QED) is 0.361. The van der Waals surface area contributed by atoms with Crippen LogP contribution in [0.4, 0.5) is 10.2 Å². The van der Waals surface area contributed by atoms with Gasteiger partial charge in [-0.25, -0.2) is 14.4 Å². The summed E-state index contributed by atoms with van der Waals surface area (Å²) in [5.41, 5.74) is 2.18.